The predicted octanol–water partition coefficient (Wildman–Crippen LogP) is 3.59. The van der Waals surface area contributed by atoms with Crippen molar-refractivity contribution in [1.82, 2.24) is 4.90 Å². The number of benzene rings is 2. The van der Waals surface area contributed by atoms with Crippen molar-refractivity contribution in [3.05, 3.63) is 70.8 Å². The van der Waals surface area contributed by atoms with E-state index in [4.69, 9.17) is 14.3 Å². The van der Waals surface area contributed by atoms with Gasteiger partial charge in [0.05, 0.1) is 10.5 Å². The van der Waals surface area contributed by atoms with Gasteiger partial charge in [-0.25, -0.2) is 0 Å². The smallest absolute Gasteiger partial charge is 0.307 e. The van der Waals surface area contributed by atoms with E-state index in [9.17, 15) is 9.90 Å². The van der Waals surface area contributed by atoms with Crippen molar-refractivity contribution in [3.63, 3.8) is 0 Å². The molecule has 0 saturated heterocycles. The number of hydrogen-bond acceptors (Lipinski definition) is 3. The second-order valence-electron chi connectivity index (χ2n) is 5.78. The number of fused-ring (bicyclic) bond motifs is 2. The molecule has 0 unspecified atom stereocenters. The lowest BCUT2D eigenvalue weighted by molar-refractivity contribution is -0.136. The third-order valence-corrected chi connectivity index (χ3v) is 3.60. The van der Waals surface area contributed by atoms with E-state index in [1.165, 1.54) is 44.4 Å². The topological polar surface area (TPSA) is 49.8 Å². The minimum atomic E-state index is -2.81. The molecule has 1 aliphatic rings. The van der Waals surface area contributed by atoms with Crippen molar-refractivity contribution in [3.8, 4) is 5.75 Å². The van der Waals surface area contributed by atoms with Gasteiger partial charge in [0.2, 0.25) is 0 Å². The van der Waals surface area contributed by atoms with Crippen molar-refractivity contribution in [2.45, 2.75) is 19.4 Å². The summed E-state index contributed by atoms with van der Waals surface area (Å²) >= 11 is 0. The van der Waals surface area contributed by atoms with E-state index in [1.54, 1.807) is 12.1 Å². The summed E-state index contributed by atoms with van der Waals surface area (Å²) in [5, 5.41) is 9.18. The predicted molar refractivity (Wildman–Crippen MR) is 98.8 cm³/mol. The van der Waals surface area contributed by atoms with E-state index in [0.29, 0.717) is 5.56 Å². The van der Waals surface area contributed by atoms with Gasteiger partial charge >= 0.3 is 5.97 Å². The molecule has 25 heavy (non-hydrogen) atoms. The van der Waals surface area contributed by atoms with Crippen molar-refractivity contribution in [1.29, 1.82) is 0 Å². The van der Waals surface area contributed by atoms with E-state index in [-0.39, 0.29) is 34.4 Å². The maximum Gasteiger partial charge on any atom is 0.307 e. The molecule has 0 aromatic heterocycles. The first-order valence-corrected chi connectivity index (χ1v) is 7.73. The van der Waals surface area contributed by atoms with Crippen LogP contribution in [0.1, 0.15) is 38.2 Å². The number of ether oxygens (including phenoxy) is 1. The van der Waals surface area contributed by atoms with E-state index >= 15 is 0 Å². The third kappa shape index (κ3) is 4.09. The van der Waals surface area contributed by atoms with E-state index in [2.05, 4.69) is 0 Å². The summed E-state index contributed by atoms with van der Waals surface area (Å²) in [5.74, 6) is -1.09. The maximum atomic E-state index is 11.2. The molecule has 2 aromatic carbocycles. The molecule has 0 bridgehead atoms. The fraction of sp³-hybridized carbons (Fsp3) is 0.286. The number of rotatable bonds is 5. The third-order valence-electron chi connectivity index (χ3n) is 3.60. The molecule has 3 rings (SSSR count). The van der Waals surface area contributed by atoms with Crippen molar-refractivity contribution in [2.75, 3.05) is 20.6 Å². The van der Waals surface area contributed by atoms with Gasteiger partial charge in [0.15, 0.2) is 0 Å². The largest absolute Gasteiger partial charge is 0.488 e. The highest BCUT2D eigenvalue weighted by molar-refractivity contribution is 5.85. The van der Waals surface area contributed by atoms with Gasteiger partial charge in [-0.3, -0.25) is 4.79 Å². The maximum absolute atomic E-state index is 11.2. The molecule has 130 valence electrons. The quantitative estimate of drug-likeness (QED) is 0.900. The van der Waals surface area contributed by atoms with Crippen LogP contribution in [0.4, 0.5) is 0 Å². The molecule has 1 heterocycles. The second kappa shape index (κ2) is 7.53. The molecule has 0 fully saturated rings. The average Bonchev–Trinajstić information content (AvgIpc) is 2.78. The van der Waals surface area contributed by atoms with E-state index < -0.39 is 31.5 Å². The molecule has 0 radical (unpaired) electrons. The van der Waals surface area contributed by atoms with Crippen LogP contribution in [0.25, 0.3) is 5.57 Å². The fourth-order valence-corrected chi connectivity index (χ4v) is 2.53. The van der Waals surface area contributed by atoms with E-state index in [1.807, 2.05) is 0 Å². The Bertz CT molecular complexity index is 1100. The highest BCUT2D eigenvalue weighted by Crippen LogP contribution is 2.37. The first-order valence-electron chi connectivity index (χ1n) is 11.2. The molecule has 0 amide bonds. The number of carbonyl (C=O) groups is 1. The Hall–Kier alpha value is -2.59. The summed E-state index contributed by atoms with van der Waals surface area (Å²) in [6.45, 7) is -4.90. The summed E-state index contributed by atoms with van der Waals surface area (Å²) in [7, 11) is 2.72. The summed E-state index contributed by atoms with van der Waals surface area (Å²) in [6, 6.07) is 9.73. The molecule has 0 aliphatic carbocycles. The summed E-state index contributed by atoms with van der Waals surface area (Å²) in [6.07, 6.45) is -3.15. The van der Waals surface area contributed by atoms with Crippen LogP contribution >= 0.6 is 0 Å². The molecule has 2 aromatic rings. The van der Waals surface area contributed by atoms with Crippen molar-refractivity contribution in [2.24, 2.45) is 0 Å². The number of aliphatic carboxylic acids is 1. The zero-order valence-corrected chi connectivity index (χ0v) is 14.0. The SMILES string of the molecule is [2H]/C(=C1/c2cc(CC(=O)O)ccc2OC([2H])([2H])c2ccccc21)C([2H])([2H])C([2H])([2H])N(C)C. The normalized spacial score (nSPS) is 22.3. The van der Waals surface area contributed by atoms with Crippen LogP contribution in [0.2, 0.25) is 0 Å². The molecule has 1 aliphatic heterocycles. The molecule has 4 nitrogen and oxygen atoms in total. The van der Waals surface area contributed by atoms with Gasteiger partial charge < -0.3 is 14.7 Å². The van der Waals surface area contributed by atoms with Crippen LogP contribution in [0, 0.1) is 0 Å². The Labute approximate surface area is 158 Å². The molecular formula is C21H23NO3. The fourth-order valence-electron chi connectivity index (χ4n) is 2.53. The second-order valence-corrected chi connectivity index (χ2v) is 5.78. The summed E-state index contributed by atoms with van der Waals surface area (Å²) in [4.78, 5) is 12.3. The molecular weight excluding hydrogens is 314 g/mol. The molecule has 4 heteroatoms. The molecule has 0 spiro atoms. The van der Waals surface area contributed by atoms with Gasteiger partial charge in [0, 0.05) is 17.5 Å². The zero-order chi connectivity index (χ0) is 24.1. The molecule has 0 saturated carbocycles. The van der Waals surface area contributed by atoms with Gasteiger partial charge in [0.25, 0.3) is 0 Å². The first-order chi connectivity index (χ1) is 14.7. The Kier molecular flexibility index (Phi) is 3.14. The van der Waals surface area contributed by atoms with Crippen LogP contribution in [0.3, 0.4) is 0 Å². The van der Waals surface area contributed by atoms with E-state index in [0.717, 1.165) is 4.90 Å². The van der Waals surface area contributed by atoms with Crippen LogP contribution in [0.5, 0.6) is 5.75 Å². The van der Waals surface area contributed by atoms with Gasteiger partial charge in [-0.1, -0.05) is 36.4 Å². The van der Waals surface area contributed by atoms with Crippen LogP contribution in [-0.4, -0.2) is 36.6 Å². The van der Waals surface area contributed by atoms with Gasteiger partial charge in [-0.2, -0.15) is 0 Å². The van der Waals surface area contributed by atoms with Crippen LogP contribution in [-0.2, 0) is 17.8 Å². The first kappa shape index (κ1) is 10.4. The standard InChI is InChI=1S/C21H23NO3/c1-22(2)11-5-8-18-17-7-4-3-6-16(17)14-25-20-10-9-15(12-19(18)20)13-21(23)24/h3-4,6-10,12H,5,11,13-14H2,1-2H3,(H,23,24)/b18-8-/i5D2,8D,11D2,14D2. The number of hydrogen-bond donors (Lipinski definition) is 1. The Morgan fingerprint density at radius 1 is 1.36 bits per heavy atom. The molecule has 0 atom stereocenters. The highest BCUT2D eigenvalue weighted by Gasteiger charge is 2.19. The van der Waals surface area contributed by atoms with Crippen molar-refractivity contribution < 1.29 is 24.2 Å². The Morgan fingerprint density at radius 2 is 2.16 bits per heavy atom. The van der Waals surface area contributed by atoms with Gasteiger partial charge in [-0.15, -0.1) is 0 Å². The summed E-state index contributed by atoms with van der Waals surface area (Å²) < 4.78 is 64.7. The monoisotopic (exact) mass is 344 g/mol. The van der Waals surface area contributed by atoms with Gasteiger partial charge in [0.1, 0.15) is 12.3 Å². The van der Waals surface area contributed by atoms with Crippen LogP contribution in [0.15, 0.2) is 48.5 Å². The Morgan fingerprint density at radius 3 is 2.92 bits per heavy atom. The lowest BCUT2D eigenvalue weighted by atomic mass is 9.92. The van der Waals surface area contributed by atoms with Gasteiger partial charge in [-0.05, 0) is 54.9 Å². The lowest BCUT2D eigenvalue weighted by Gasteiger charge is -2.13. The van der Waals surface area contributed by atoms with Crippen LogP contribution < -0.4 is 4.74 Å². The number of carboxylic acid groups (broad SMARTS) is 1. The highest BCUT2D eigenvalue weighted by atomic mass is 16.5. The number of nitrogens with zero attached hydrogens (tertiary/aromatic N) is 1. The molecule has 1 N–H and O–H groups in total. The zero-order valence-electron chi connectivity index (χ0n) is 21.0. The minimum absolute atomic E-state index is 0.00121. The number of carboxylic acids is 1. The Balaban J connectivity index is 2.43. The average molecular weight is 344 g/mol. The lowest BCUT2D eigenvalue weighted by Crippen LogP contribution is -2.12. The minimum Gasteiger partial charge on any atom is -0.488 e. The van der Waals surface area contributed by atoms with Crippen molar-refractivity contribution >= 4 is 11.5 Å². The summed E-state index contributed by atoms with van der Waals surface area (Å²) in [5.41, 5.74) is 0.645.